The molecule has 0 aliphatic rings. The summed E-state index contributed by atoms with van der Waals surface area (Å²) in [6.45, 7) is 1.92. The fraction of sp³-hybridized carbons (Fsp3) is 0.0556. The zero-order valence-corrected chi connectivity index (χ0v) is 14.6. The number of carbonyl (C=O) groups excluding carboxylic acids is 2. The first kappa shape index (κ1) is 17.6. The first-order valence-corrected chi connectivity index (χ1v) is 8.55. The van der Waals surface area contributed by atoms with Gasteiger partial charge in [-0.3, -0.25) is 10.1 Å². The monoisotopic (exact) mass is 370 g/mol. The van der Waals surface area contributed by atoms with E-state index < -0.39 is 17.8 Å². The molecular formula is C18H15FN4O2S. The molecule has 0 fully saturated rings. The molecule has 3 rings (SSSR count). The maximum Gasteiger partial charge on any atom is 0.325 e. The third-order valence-electron chi connectivity index (χ3n) is 3.32. The molecule has 6 nitrogen and oxygen atoms in total. The van der Waals surface area contributed by atoms with E-state index in [1.807, 2.05) is 25.1 Å². The van der Waals surface area contributed by atoms with E-state index in [1.54, 1.807) is 12.1 Å². The van der Waals surface area contributed by atoms with Crippen molar-refractivity contribution < 1.29 is 14.0 Å². The number of benzene rings is 2. The third kappa shape index (κ3) is 4.64. The number of anilines is 3. The van der Waals surface area contributed by atoms with Crippen LogP contribution in [0.15, 0.2) is 53.9 Å². The number of nitrogens with one attached hydrogen (secondary N) is 3. The van der Waals surface area contributed by atoms with Gasteiger partial charge in [0.25, 0.3) is 5.91 Å². The number of thiazole rings is 1. The van der Waals surface area contributed by atoms with Crippen LogP contribution in [-0.2, 0) is 0 Å². The van der Waals surface area contributed by atoms with Crippen molar-refractivity contribution in [1.82, 2.24) is 4.98 Å². The van der Waals surface area contributed by atoms with Gasteiger partial charge in [0.15, 0.2) is 5.13 Å². The number of aromatic nitrogens is 1. The van der Waals surface area contributed by atoms with E-state index in [0.29, 0.717) is 11.4 Å². The second-order valence-corrected chi connectivity index (χ2v) is 6.31. The highest BCUT2D eigenvalue weighted by Crippen LogP contribution is 2.18. The van der Waals surface area contributed by atoms with Crippen molar-refractivity contribution in [2.24, 2.45) is 0 Å². The van der Waals surface area contributed by atoms with E-state index >= 15 is 0 Å². The molecule has 1 heterocycles. The van der Waals surface area contributed by atoms with E-state index in [-0.39, 0.29) is 10.8 Å². The fourth-order valence-electron chi connectivity index (χ4n) is 2.18. The van der Waals surface area contributed by atoms with Crippen LogP contribution in [0.25, 0.3) is 0 Å². The summed E-state index contributed by atoms with van der Waals surface area (Å²) in [5.41, 5.74) is 2.14. The number of rotatable bonds is 4. The molecule has 0 spiro atoms. The lowest BCUT2D eigenvalue weighted by molar-refractivity contribution is 0.102. The Hall–Kier alpha value is -3.26. The number of hydrogen-bond acceptors (Lipinski definition) is 4. The number of carbonyl (C=O) groups is 2. The molecule has 8 heteroatoms. The van der Waals surface area contributed by atoms with Gasteiger partial charge < -0.3 is 10.6 Å². The Morgan fingerprint density at radius 2 is 1.73 bits per heavy atom. The van der Waals surface area contributed by atoms with Gasteiger partial charge in [-0.15, -0.1) is 11.3 Å². The number of nitrogens with zero attached hydrogens (tertiary/aromatic N) is 1. The summed E-state index contributed by atoms with van der Waals surface area (Å²) in [5, 5.41) is 9.60. The topological polar surface area (TPSA) is 83.1 Å². The SMILES string of the molecule is Cc1cccc(NC(=O)Nc2nc(C(=O)Nc3cccc(F)c3)cs2)c1. The number of aryl methyl sites for hydroxylation is 1. The Bertz CT molecular complexity index is 958. The number of hydrogen-bond donors (Lipinski definition) is 3. The van der Waals surface area contributed by atoms with Crippen molar-refractivity contribution in [3.05, 3.63) is 71.0 Å². The van der Waals surface area contributed by atoms with Gasteiger partial charge in [0, 0.05) is 16.8 Å². The molecule has 0 radical (unpaired) electrons. The Balaban J connectivity index is 1.60. The largest absolute Gasteiger partial charge is 0.325 e. The summed E-state index contributed by atoms with van der Waals surface area (Å²) in [7, 11) is 0. The van der Waals surface area contributed by atoms with E-state index in [2.05, 4.69) is 20.9 Å². The maximum absolute atomic E-state index is 13.2. The molecule has 132 valence electrons. The lowest BCUT2D eigenvalue weighted by Gasteiger charge is -2.06. The summed E-state index contributed by atoms with van der Waals surface area (Å²) in [6.07, 6.45) is 0. The quantitative estimate of drug-likeness (QED) is 0.633. The van der Waals surface area contributed by atoms with Crippen molar-refractivity contribution in [1.29, 1.82) is 0 Å². The molecule has 0 saturated carbocycles. The van der Waals surface area contributed by atoms with Gasteiger partial charge in [-0.25, -0.2) is 14.2 Å². The summed E-state index contributed by atoms with van der Waals surface area (Å²) < 4.78 is 13.2. The molecule has 0 saturated heterocycles. The molecule has 3 N–H and O–H groups in total. The zero-order chi connectivity index (χ0) is 18.5. The second-order valence-electron chi connectivity index (χ2n) is 5.45. The maximum atomic E-state index is 13.2. The van der Waals surface area contributed by atoms with Crippen LogP contribution >= 0.6 is 11.3 Å². The fourth-order valence-corrected chi connectivity index (χ4v) is 2.86. The van der Waals surface area contributed by atoms with Gasteiger partial charge in [-0.2, -0.15) is 0 Å². The Labute approximate surface area is 153 Å². The molecule has 26 heavy (non-hydrogen) atoms. The van der Waals surface area contributed by atoms with Crippen molar-refractivity contribution in [2.75, 3.05) is 16.0 Å². The minimum atomic E-state index is -0.487. The molecule has 3 aromatic rings. The van der Waals surface area contributed by atoms with Crippen molar-refractivity contribution in [3.63, 3.8) is 0 Å². The van der Waals surface area contributed by atoms with Crippen molar-refractivity contribution in [2.45, 2.75) is 6.92 Å². The smallest absolute Gasteiger partial charge is 0.321 e. The van der Waals surface area contributed by atoms with Gasteiger partial charge in [0.2, 0.25) is 0 Å². The standard InChI is InChI=1S/C18H15FN4O2S/c1-11-4-2-6-13(8-11)21-17(25)23-18-22-15(10-26-18)16(24)20-14-7-3-5-12(19)9-14/h2-10H,1H3,(H,20,24)(H2,21,22,23,25). The molecule has 0 atom stereocenters. The van der Waals surface area contributed by atoms with Crippen LogP contribution in [0.4, 0.5) is 25.7 Å². The first-order valence-electron chi connectivity index (χ1n) is 7.67. The number of amides is 3. The molecule has 0 bridgehead atoms. The Morgan fingerprint density at radius 3 is 2.46 bits per heavy atom. The molecule has 2 aromatic carbocycles. The summed E-state index contributed by atoms with van der Waals surface area (Å²) >= 11 is 1.12. The predicted octanol–water partition coefficient (Wildman–Crippen LogP) is 4.49. The van der Waals surface area contributed by atoms with Crippen LogP contribution < -0.4 is 16.0 Å². The van der Waals surface area contributed by atoms with Crippen LogP contribution in [0.5, 0.6) is 0 Å². The van der Waals surface area contributed by atoms with Crippen LogP contribution in [0.2, 0.25) is 0 Å². The van der Waals surface area contributed by atoms with E-state index in [9.17, 15) is 14.0 Å². The number of urea groups is 1. The minimum absolute atomic E-state index is 0.130. The molecule has 0 unspecified atom stereocenters. The third-order valence-corrected chi connectivity index (χ3v) is 4.07. The van der Waals surface area contributed by atoms with Gasteiger partial charge in [0.05, 0.1) is 0 Å². The second kappa shape index (κ2) is 7.75. The van der Waals surface area contributed by atoms with E-state index in [0.717, 1.165) is 16.9 Å². The summed E-state index contributed by atoms with van der Waals surface area (Å²) in [6, 6.07) is 12.5. The molecule has 3 amide bonds. The highest BCUT2D eigenvalue weighted by atomic mass is 32.1. The van der Waals surface area contributed by atoms with Crippen LogP contribution in [0, 0.1) is 12.7 Å². The van der Waals surface area contributed by atoms with Gasteiger partial charge in [-0.1, -0.05) is 18.2 Å². The highest BCUT2D eigenvalue weighted by Gasteiger charge is 2.13. The minimum Gasteiger partial charge on any atom is -0.321 e. The molecule has 0 aliphatic carbocycles. The first-order chi connectivity index (χ1) is 12.5. The van der Waals surface area contributed by atoms with E-state index in [1.165, 1.54) is 23.6 Å². The van der Waals surface area contributed by atoms with Gasteiger partial charge in [-0.05, 0) is 42.8 Å². The molecule has 0 aliphatic heterocycles. The molecular weight excluding hydrogens is 355 g/mol. The lowest BCUT2D eigenvalue weighted by Crippen LogP contribution is -2.19. The van der Waals surface area contributed by atoms with E-state index in [4.69, 9.17) is 0 Å². The molecule has 1 aromatic heterocycles. The van der Waals surface area contributed by atoms with Crippen molar-refractivity contribution in [3.8, 4) is 0 Å². The van der Waals surface area contributed by atoms with Gasteiger partial charge >= 0.3 is 6.03 Å². The predicted molar refractivity (Wildman–Crippen MR) is 100 cm³/mol. The zero-order valence-electron chi connectivity index (χ0n) is 13.7. The number of halogens is 1. The van der Waals surface area contributed by atoms with Gasteiger partial charge in [0.1, 0.15) is 11.5 Å². The van der Waals surface area contributed by atoms with Crippen LogP contribution in [0.1, 0.15) is 16.1 Å². The highest BCUT2D eigenvalue weighted by molar-refractivity contribution is 7.14. The normalized spacial score (nSPS) is 10.2. The Morgan fingerprint density at radius 1 is 1.00 bits per heavy atom. The average Bonchev–Trinajstić information content (AvgIpc) is 3.03. The average molecular weight is 370 g/mol. The summed E-state index contributed by atoms with van der Waals surface area (Å²) in [5.74, 6) is -0.935. The Kier molecular flexibility index (Phi) is 5.23. The summed E-state index contributed by atoms with van der Waals surface area (Å²) in [4.78, 5) is 28.2. The van der Waals surface area contributed by atoms with Crippen LogP contribution in [0.3, 0.4) is 0 Å². The lowest BCUT2D eigenvalue weighted by atomic mass is 10.2. The van der Waals surface area contributed by atoms with Crippen molar-refractivity contribution >= 4 is 39.8 Å². The van der Waals surface area contributed by atoms with Crippen LogP contribution in [-0.4, -0.2) is 16.9 Å².